The van der Waals surface area contributed by atoms with Crippen LogP contribution in [0.2, 0.25) is 0 Å². The van der Waals surface area contributed by atoms with Crippen molar-refractivity contribution in [1.82, 2.24) is 4.72 Å². The summed E-state index contributed by atoms with van der Waals surface area (Å²) in [6.07, 6.45) is 0.627. The van der Waals surface area contributed by atoms with E-state index in [-0.39, 0.29) is 0 Å². The van der Waals surface area contributed by atoms with Crippen molar-refractivity contribution in [1.29, 1.82) is 0 Å². The van der Waals surface area contributed by atoms with Gasteiger partial charge in [-0.15, -0.1) is 0 Å². The second-order valence-electron chi connectivity index (χ2n) is 5.98. The highest BCUT2D eigenvalue weighted by Gasteiger charge is 2.21. The summed E-state index contributed by atoms with van der Waals surface area (Å²) in [7, 11) is -3.52. The molecule has 2 aromatic carbocycles. The van der Waals surface area contributed by atoms with Crippen molar-refractivity contribution < 1.29 is 8.42 Å². The van der Waals surface area contributed by atoms with E-state index in [4.69, 9.17) is 5.73 Å². The topological polar surface area (TPSA) is 72.2 Å². The lowest BCUT2D eigenvalue weighted by Gasteiger charge is -2.16. The molecule has 3 N–H and O–H groups in total. The number of nitrogen functional groups attached to an aromatic ring is 1. The maximum atomic E-state index is 12.7. The number of hydrogen-bond donors (Lipinski definition) is 2. The van der Waals surface area contributed by atoms with Crippen molar-refractivity contribution in [2.75, 3.05) is 12.3 Å². The number of hydrogen-bond acceptors (Lipinski definition) is 3. The minimum absolute atomic E-state index is 0.359. The molecular weight excluding hydrogens is 308 g/mol. The van der Waals surface area contributed by atoms with E-state index in [0.717, 1.165) is 27.8 Å². The van der Waals surface area contributed by atoms with E-state index in [1.165, 1.54) is 0 Å². The zero-order chi connectivity index (χ0) is 17.2. The van der Waals surface area contributed by atoms with Crippen molar-refractivity contribution in [3.05, 3.63) is 58.1 Å². The highest BCUT2D eigenvalue weighted by atomic mass is 32.2. The minimum Gasteiger partial charge on any atom is -0.399 e. The van der Waals surface area contributed by atoms with Crippen molar-refractivity contribution in [2.45, 2.75) is 39.0 Å². The third-order valence-electron chi connectivity index (χ3n) is 4.25. The molecule has 23 heavy (non-hydrogen) atoms. The molecule has 0 aliphatic heterocycles. The fraction of sp³-hybridized carbons (Fsp3) is 0.333. The molecule has 4 nitrogen and oxygen atoms in total. The van der Waals surface area contributed by atoms with Gasteiger partial charge in [-0.1, -0.05) is 18.2 Å². The van der Waals surface area contributed by atoms with Gasteiger partial charge in [-0.3, -0.25) is 0 Å². The molecule has 0 atom stereocenters. The second-order valence-corrected chi connectivity index (χ2v) is 7.68. The summed E-state index contributed by atoms with van der Waals surface area (Å²) in [5.41, 5.74) is 11.0. The largest absolute Gasteiger partial charge is 0.399 e. The molecule has 0 aliphatic rings. The lowest BCUT2D eigenvalue weighted by Crippen LogP contribution is -2.27. The van der Waals surface area contributed by atoms with Crippen molar-refractivity contribution in [3.63, 3.8) is 0 Å². The molecule has 0 radical (unpaired) electrons. The molecular formula is C18H24N2O2S. The molecule has 0 saturated carbocycles. The summed E-state index contributed by atoms with van der Waals surface area (Å²) in [5.74, 6) is 0. The minimum atomic E-state index is -3.52. The van der Waals surface area contributed by atoms with Gasteiger partial charge < -0.3 is 5.73 Å². The molecule has 5 heteroatoms. The van der Waals surface area contributed by atoms with E-state index >= 15 is 0 Å². The normalized spacial score (nSPS) is 11.7. The van der Waals surface area contributed by atoms with Gasteiger partial charge in [0.1, 0.15) is 0 Å². The molecule has 0 unspecified atom stereocenters. The monoisotopic (exact) mass is 332 g/mol. The molecule has 0 fully saturated rings. The maximum Gasteiger partial charge on any atom is 0.241 e. The average Bonchev–Trinajstić information content (AvgIpc) is 2.47. The lowest BCUT2D eigenvalue weighted by molar-refractivity contribution is 0.580. The molecule has 0 heterocycles. The van der Waals surface area contributed by atoms with Crippen LogP contribution in [0.5, 0.6) is 0 Å². The van der Waals surface area contributed by atoms with Crippen LogP contribution in [0, 0.1) is 27.7 Å². The Morgan fingerprint density at radius 3 is 2.00 bits per heavy atom. The van der Waals surface area contributed by atoms with Crippen LogP contribution in [-0.2, 0) is 16.4 Å². The van der Waals surface area contributed by atoms with Gasteiger partial charge in [0.05, 0.1) is 4.90 Å². The van der Waals surface area contributed by atoms with E-state index in [0.29, 0.717) is 23.5 Å². The summed E-state index contributed by atoms with van der Waals surface area (Å²) in [6, 6.07) is 9.50. The van der Waals surface area contributed by atoms with E-state index in [9.17, 15) is 8.42 Å². The molecule has 0 bridgehead atoms. The van der Waals surface area contributed by atoms with Crippen LogP contribution < -0.4 is 10.5 Å². The molecule has 0 aromatic heterocycles. The van der Waals surface area contributed by atoms with Crippen LogP contribution in [0.25, 0.3) is 0 Å². The molecule has 0 spiro atoms. The third-order valence-corrected chi connectivity index (χ3v) is 5.99. The summed E-state index contributed by atoms with van der Waals surface area (Å²) < 4.78 is 28.1. The first kappa shape index (κ1) is 17.5. The summed E-state index contributed by atoms with van der Waals surface area (Å²) in [6.45, 7) is 7.95. The highest BCUT2D eigenvalue weighted by molar-refractivity contribution is 7.89. The SMILES string of the molecule is Cc1cc(C)c(C)c(S(=O)(=O)NCCc2ccc(N)cc2)c1C. The van der Waals surface area contributed by atoms with Crippen LogP contribution in [0.1, 0.15) is 27.8 Å². The van der Waals surface area contributed by atoms with Gasteiger partial charge in [0, 0.05) is 12.2 Å². The summed E-state index contributed by atoms with van der Waals surface area (Å²) in [4.78, 5) is 0.410. The number of aryl methyl sites for hydroxylation is 2. The number of nitrogens with two attached hydrogens (primary N) is 1. The molecule has 0 saturated heterocycles. The lowest BCUT2D eigenvalue weighted by atomic mass is 10.0. The van der Waals surface area contributed by atoms with E-state index < -0.39 is 10.0 Å². The van der Waals surface area contributed by atoms with Crippen LogP contribution in [-0.4, -0.2) is 15.0 Å². The van der Waals surface area contributed by atoms with Gasteiger partial charge in [-0.25, -0.2) is 13.1 Å². The number of sulfonamides is 1. The van der Waals surface area contributed by atoms with Gasteiger partial charge in [-0.05, 0) is 74.1 Å². The number of rotatable bonds is 5. The second kappa shape index (κ2) is 6.72. The fourth-order valence-electron chi connectivity index (χ4n) is 2.67. The van der Waals surface area contributed by atoms with Crippen molar-refractivity contribution in [3.8, 4) is 0 Å². The van der Waals surface area contributed by atoms with Gasteiger partial charge in [0.25, 0.3) is 0 Å². The molecule has 0 aliphatic carbocycles. The van der Waals surface area contributed by atoms with Gasteiger partial charge in [0.2, 0.25) is 10.0 Å². The van der Waals surface area contributed by atoms with Crippen LogP contribution in [0.15, 0.2) is 35.2 Å². The van der Waals surface area contributed by atoms with Crippen LogP contribution in [0.4, 0.5) is 5.69 Å². The fourth-order valence-corrected chi connectivity index (χ4v) is 4.31. The van der Waals surface area contributed by atoms with E-state index in [2.05, 4.69) is 4.72 Å². The first-order valence-corrected chi connectivity index (χ1v) is 9.12. The number of benzene rings is 2. The smallest absolute Gasteiger partial charge is 0.241 e. The molecule has 124 valence electrons. The quantitative estimate of drug-likeness (QED) is 0.827. The number of nitrogens with one attached hydrogen (secondary N) is 1. The Labute approximate surface area is 138 Å². The Balaban J connectivity index is 2.18. The predicted molar refractivity (Wildman–Crippen MR) is 95.1 cm³/mol. The molecule has 2 aromatic rings. The van der Waals surface area contributed by atoms with E-state index in [1.54, 1.807) is 0 Å². The summed E-state index contributed by atoms with van der Waals surface area (Å²) in [5, 5.41) is 0. The standard InChI is InChI=1S/C18H24N2O2S/c1-12-11-13(2)15(4)18(14(12)3)23(21,22)20-10-9-16-5-7-17(19)8-6-16/h5-8,11,20H,9-10,19H2,1-4H3. The van der Waals surface area contributed by atoms with Gasteiger partial charge in [-0.2, -0.15) is 0 Å². The highest BCUT2D eigenvalue weighted by Crippen LogP contribution is 2.25. The molecule has 0 amide bonds. The Morgan fingerprint density at radius 2 is 1.48 bits per heavy atom. The Hall–Kier alpha value is -1.85. The zero-order valence-electron chi connectivity index (χ0n) is 14.1. The first-order valence-electron chi connectivity index (χ1n) is 7.64. The van der Waals surface area contributed by atoms with Crippen LogP contribution in [0.3, 0.4) is 0 Å². The third kappa shape index (κ3) is 3.92. The number of anilines is 1. The zero-order valence-corrected chi connectivity index (χ0v) is 14.9. The summed E-state index contributed by atoms with van der Waals surface area (Å²) >= 11 is 0. The Bertz CT molecular complexity index is 784. The van der Waals surface area contributed by atoms with Gasteiger partial charge >= 0.3 is 0 Å². The predicted octanol–water partition coefficient (Wildman–Crippen LogP) is 3.02. The maximum absolute atomic E-state index is 12.7. The van der Waals surface area contributed by atoms with E-state index in [1.807, 2.05) is 58.0 Å². The molecule has 2 rings (SSSR count). The van der Waals surface area contributed by atoms with Crippen molar-refractivity contribution >= 4 is 15.7 Å². The van der Waals surface area contributed by atoms with Crippen molar-refractivity contribution in [2.24, 2.45) is 0 Å². The van der Waals surface area contributed by atoms with Gasteiger partial charge in [0.15, 0.2) is 0 Å². The first-order chi connectivity index (χ1) is 10.7. The van der Waals surface area contributed by atoms with Crippen LogP contribution >= 0.6 is 0 Å². The Kier molecular flexibility index (Phi) is 5.12. The Morgan fingerprint density at radius 1 is 0.957 bits per heavy atom. The average molecular weight is 332 g/mol.